The van der Waals surface area contributed by atoms with Crippen molar-refractivity contribution < 1.29 is 19.0 Å². The average molecular weight is 386 g/mol. The van der Waals surface area contributed by atoms with Gasteiger partial charge in [0.05, 0.1) is 19.8 Å². The zero-order chi connectivity index (χ0) is 19.7. The molecule has 0 heterocycles. The molecule has 4 aliphatic carbocycles. The van der Waals surface area contributed by atoms with Crippen LogP contribution in [0.1, 0.15) is 57.9 Å². The van der Waals surface area contributed by atoms with Crippen LogP contribution in [-0.4, -0.2) is 32.1 Å². The van der Waals surface area contributed by atoms with Crippen LogP contribution in [0.2, 0.25) is 0 Å². The second-order valence-electron chi connectivity index (χ2n) is 8.93. The molecule has 5 nitrogen and oxygen atoms in total. The van der Waals surface area contributed by atoms with Gasteiger partial charge in [0.2, 0.25) is 0 Å². The maximum Gasteiger partial charge on any atom is 0.513 e. The Bertz CT molecular complexity index is 722. The van der Waals surface area contributed by atoms with Crippen molar-refractivity contribution in [3.63, 3.8) is 0 Å². The summed E-state index contributed by atoms with van der Waals surface area (Å²) in [5, 5.41) is 0. The molecule has 1 unspecified atom stereocenters. The van der Waals surface area contributed by atoms with Crippen molar-refractivity contribution in [1.82, 2.24) is 0 Å². The van der Waals surface area contributed by atoms with Crippen LogP contribution in [0.15, 0.2) is 23.2 Å². The molecule has 4 aliphatic rings. The number of carbonyl (C=O) groups excluding carboxylic acids is 1. The second kappa shape index (κ2) is 7.76. The van der Waals surface area contributed by atoms with E-state index < -0.39 is 6.16 Å². The molecule has 1 atom stereocenters. The van der Waals surface area contributed by atoms with Crippen LogP contribution in [0.4, 0.5) is 4.79 Å². The van der Waals surface area contributed by atoms with Crippen LogP contribution in [0.25, 0.3) is 0 Å². The average Bonchev–Trinajstić information content (AvgIpc) is 2.66. The van der Waals surface area contributed by atoms with Crippen molar-refractivity contribution in [2.45, 2.75) is 58.4 Å². The topological polar surface area (TPSA) is 57.1 Å². The SMILES string of the molecule is CCOC(=O)Oc1ccc(C=NC(C)C23CC4CC(CC(C4)C2)C3)cc1OC. The van der Waals surface area contributed by atoms with E-state index >= 15 is 0 Å². The molecule has 1 aromatic rings. The Hall–Kier alpha value is -2.04. The van der Waals surface area contributed by atoms with E-state index in [1.54, 1.807) is 20.1 Å². The third-order valence-electron chi connectivity index (χ3n) is 7.06. The van der Waals surface area contributed by atoms with Gasteiger partial charge in [-0.2, -0.15) is 0 Å². The lowest BCUT2D eigenvalue weighted by Crippen LogP contribution is -2.50. The van der Waals surface area contributed by atoms with Crippen LogP contribution in [-0.2, 0) is 4.74 Å². The van der Waals surface area contributed by atoms with Crippen LogP contribution in [0.3, 0.4) is 0 Å². The largest absolute Gasteiger partial charge is 0.513 e. The minimum atomic E-state index is -0.724. The Morgan fingerprint density at radius 2 is 1.82 bits per heavy atom. The standard InChI is InChI=1S/C23H31NO4/c1-4-27-22(25)28-20-6-5-16(10-21(20)26-3)14-24-15(2)23-11-17-7-18(12-23)9-19(8-17)13-23/h5-6,10,14-15,17-19H,4,7-9,11-13H2,1-3H3. The number of methoxy groups -OCH3 is 1. The molecule has 5 rings (SSSR count). The highest BCUT2D eigenvalue weighted by atomic mass is 16.7. The molecule has 5 heteroatoms. The fourth-order valence-corrected chi connectivity index (χ4v) is 6.13. The molecule has 4 bridgehead atoms. The van der Waals surface area contributed by atoms with E-state index in [-0.39, 0.29) is 6.61 Å². The molecule has 0 N–H and O–H groups in total. The number of benzene rings is 1. The summed E-state index contributed by atoms with van der Waals surface area (Å²) in [6.45, 7) is 4.30. The molecule has 0 radical (unpaired) electrons. The van der Waals surface area contributed by atoms with Gasteiger partial charge in [0.15, 0.2) is 11.5 Å². The number of carbonyl (C=O) groups is 1. The fraction of sp³-hybridized carbons (Fsp3) is 0.652. The molecular weight excluding hydrogens is 354 g/mol. The van der Waals surface area contributed by atoms with Crippen LogP contribution >= 0.6 is 0 Å². The molecule has 152 valence electrons. The monoisotopic (exact) mass is 385 g/mol. The Morgan fingerprint density at radius 3 is 2.39 bits per heavy atom. The molecule has 1 aromatic carbocycles. The molecule has 28 heavy (non-hydrogen) atoms. The van der Waals surface area contributed by atoms with Gasteiger partial charge in [0, 0.05) is 6.21 Å². The Kier molecular flexibility index (Phi) is 5.35. The number of ether oxygens (including phenoxy) is 3. The summed E-state index contributed by atoms with van der Waals surface area (Å²) in [5.74, 6) is 3.65. The molecule has 0 aliphatic heterocycles. The van der Waals surface area contributed by atoms with E-state index in [0.29, 0.717) is 23.0 Å². The predicted octanol–water partition coefficient (Wildman–Crippen LogP) is 5.25. The fourth-order valence-electron chi connectivity index (χ4n) is 6.13. The van der Waals surface area contributed by atoms with E-state index in [9.17, 15) is 4.79 Å². The quantitative estimate of drug-likeness (QED) is 0.381. The molecule has 0 amide bonds. The smallest absolute Gasteiger partial charge is 0.493 e. The van der Waals surface area contributed by atoms with Gasteiger partial charge in [-0.25, -0.2) is 4.79 Å². The molecule has 4 saturated carbocycles. The third-order valence-corrected chi connectivity index (χ3v) is 7.06. The lowest BCUT2D eigenvalue weighted by Gasteiger charge is -2.58. The van der Waals surface area contributed by atoms with Crippen LogP contribution in [0.5, 0.6) is 11.5 Å². The number of aliphatic imine (C=N–C) groups is 1. The zero-order valence-electron chi connectivity index (χ0n) is 17.1. The van der Waals surface area contributed by atoms with Crippen LogP contribution < -0.4 is 9.47 Å². The van der Waals surface area contributed by atoms with Gasteiger partial charge in [0.1, 0.15) is 0 Å². The Balaban J connectivity index is 1.46. The van der Waals surface area contributed by atoms with Gasteiger partial charge in [0.25, 0.3) is 0 Å². The molecular formula is C23H31NO4. The van der Waals surface area contributed by atoms with Gasteiger partial charge in [-0.1, -0.05) is 0 Å². The minimum absolute atomic E-state index is 0.272. The van der Waals surface area contributed by atoms with Gasteiger partial charge in [-0.05, 0) is 99.3 Å². The highest BCUT2D eigenvalue weighted by molar-refractivity contribution is 5.81. The lowest BCUT2D eigenvalue weighted by molar-refractivity contribution is -0.0632. The Labute approximate surface area is 167 Å². The maximum atomic E-state index is 11.6. The van der Waals surface area contributed by atoms with E-state index in [1.165, 1.54) is 38.5 Å². The molecule has 0 spiro atoms. The van der Waals surface area contributed by atoms with Crippen LogP contribution in [0, 0.1) is 23.2 Å². The summed E-state index contributed by atoms with van der Waals surface area (Å²) >= 11 is 0. The third kappa shape index (κ3) is 3.76. The summed E-state index contributed by atoms with van der Waals surface area (Å²) in [5.41, 5.74) is 1.35. The van der Waals surface area contributed by atoms with Gasteiger partial charge >= 0.3 is 6.16 Å². The number of hydrogen-bond donors (Lipinski definition) is 0. The summed E-state index contributed by atoms with van der Waals surface area (Å²) in [4.78, 5) is 16.5. The van der Waals surface area contributed by atoms with Crippen molar-refractivity contribution in [2.75, 3.05) is 13.7 Å². The molecule has 0 aromatic heterocycles. The van der Waals surface area contributed by atoms with Crippen molar-refractivity contribution in [3.8, 4) is 11.5 Å². The highest BCUT2D eigenvalue weighted by Gasteiger charge is 2.53. The van der Waals surface area contributed by atoms with E-state index in [0.717, 1.165) is 23.3 Å². The van der Waals surface area contributed by atoms with E-state index in [1.807, 2.05) is 18.3 Å². The number of hydrogen-bond acceptors (Lipinski definition) is 5. The van der Waals surface area contributed by atoms with Crippen molar-refractivity contribution in [3.05, 3.63) is 23.8 Å². The second-order valence-corrected chi connectivity index (χ2v) is 8.93. The van der Waals surface area contributed by atoms with Gasteiger partial charge < -0.3 is 14.2 Å². The van der Waals surface area contributed by atoms with Crippen molar-refractivity contribution in [1.29, 1.82) is 0 Å². The van der Waals surface area contributed by atoms with Gasteiger partial charge in [-0.3, -0.25) is 4.99 Å². The lowest BCUT2D eigenvalue weighted by atomic mass is 9.48. The summed E-state index contributed by atoms with van der Waals surface area (Å²) < 4.78 is 15.4. The zero-order valence-corrected chi connectivity index (χ0v) is 17.1. The molecule has 0 saturated heterocycles. The number of rotatable bonds is 6. The minimum Gasteiger partial charge on any atom is -0.493 e. The normalized spacial score (nSPS) is 31.8. The first kappa shape index (κ1) is 19.3. The van der Waals surface area contributed by atoms with Crippen molar-refractivity contribution in [2.24, 2.45) is 28.2 Å². The van der Waals surface area contributed by atoms with E-state index in [2.05, 4.69) is 6.92 Å². The van der Waals surface area contributed by atoms with E-state index in [4.69, 9.17) is 19.2 Å². The summed E-state index contributed by atoms with van der Waals surface area (Å²) in [7, 11) is 1.56. The first-order chi connectivity index (χ1) is 13.5. The first-order valence-electron chi connectivity index (χ1n) is 10.6. The summed E-state index contributed by atoms with van der Waals surface area (Å²) in [6.07, 6.45) is 9.64. The predicted molar refractivity (Wildman–Crippen MR) is 108 cm³/mol. The molecule has 4 fully saturated rings. The first-order valence-corrected chi connectivity index (χ1v) is 10.6. The van der Waals surface area contributed by atoms with Crippen molar-refractivity contribution >= 4 is 12.4 Å². The maximum absolute atomic E-state index is 11.6. The highest BCUT2D eigenvalue weighted by Crippen LogP contribution is 2.61. The number of nitrogens with zero attached hydrogens (tertiary/aromatic N) is 1. The summed E-state index contributed by atoms with van der Waals surface area (Å²) in [6, 6.07) is 5.81. The Morgan fingerprint density at radius 1 is 1.18 bits per heavy atom. The van der Waals surface area contributed by atoms with Gasteiger partial charge in [-0.15, -0.1) is 0 Å².